The van der Waals surface area contributed by atoms with E-state index in [-0.39, 0.29) is 11.7 Å². The molecule has 0 radical (unpaired) electrons. The lowest BCUT2D eigenvalue weighted by molar-refractivity contribution is -0.121. The summed E-state index contributed by atoms with van der Waals surface area (Å²) < 4.78 is 16.0. The predicted octanol–water partition coefficient (Wildman–Crippen LogP) is 6.49. The maximum atomic E-state index is 11.7. The zero-order valence-corrected chi connectivity index (χ0v) is 31.0. The molecule has 0 spiro atoms. The van der Waals surface area contributed by atoms with Gasteiger partial charge in [-0.3, -0.25) is 9.59 Å². The summed E-state index contributed by atoms with van der Waals surface area (Å²) in [6.07, 6.45) is 3.71. The van der Waals surface area contributed by atoms with Crippen molar-refractivity contribution in [3.63, 3.8) is 0 Å². The highest BCUT2D eigenvalue weighted by Gasteiger charge is 2.46. The molecule has 1 aliphatic rings. The van der Waals surface area contributed by atoms with Crippen LogP contribution in [0.5, 0.6) is 0 Å². The van der Waals surface area contributed by atoms with Crippen molar-refractivity contribution in [3.8, 4) is 11.8 Å². The van der Waals surface area contributed by atoms with Crippen molar-refractivity contribution >= 4 is 24.1 Å². The number of carbonyl (C=O) groups excluding carboxylic acids is 4. The summed E-state index contributed by atoms with van der Waals surface area (Å²) in [5, 5.41) is 12.4. The SMILES string of the molecule is CC.CC.CC.CC#CCCC1C(C)[C@H]1COC(=O)NCCOCCOCCNC(=O)CCCC=O.CC(=O)c1ccccc1.CO. The second kappa shape index (κ2) is 40.8. The van der Waals surface area contributed by atoms with Gasteiger partial charge in [0.25, 0.3) is 0 Å². The number of aliphatic hydroxyl groups is 1. The molecular weight excluding hydrogens is 600 g/mol. The Morgan fingerprint density at radius 3 is 1.91 bits per heavy atom. The summed E-state index contributed by atoms with van der Waals surface area (Å²) in [5.41, 5.74) is 0.775. The Hall–Kier alpha value is -3.26. The lowest BCUT2D eigenvalue weighted by atomic mass is 10.2. The highest BCUT2D eigenvalue weighted by molar-refractivity contribution is 5.93. The van der Waals surface area contributed by atoms with Crippen LogP contribution in [0.4, 0.5) is 4.79 Å². The van der Waals surface area contributed by atoms with Gasteiger partial charge in [-0.25, -0.2) is 4.79 Å². The van der Waals surface area contributed by atoms with E-state index in [1.807, 2.05) is 78.8 Å². The van der Waals surface area contributed by atoms with Crippen LogP contribution in [0.3, 0.4) is 0 Å². The number of ketones is 1. The fraction of sp³-hybridized carbons (Fsp3) is 0.676. The molecule has 0 heterocycles. The van der Waals surface area contributed by atoms with Crippen LogP contribution in [-0.2, 0) is 23.8 Å². The maximum absolute atomic E-state index is 11.7. The first-order valence-corrected chi connectivity index (χ1v) is 17.1. The summed E-state index contributed by atoms with van der Waals surface area (Å²) in [6.45, 7) is 20.5. The minimum atomic E-state index is -0.412. The number of amides is 2. The summed E-state index contributed by atoms with van der Waals surface area (Å²) >= 11 is 0. The third-order valence-electron chi connectivity index (χ3n) is 6.31. The number of nitrogens with one attached hydrogen (secondary N) is 2. The second-order valence-electron chi connectivity index (χ2n) is 9.23. The molecule has 1 aromatic carbocycles. The third-order valence-corrected chi connectivity index (χ3v) is 6.31. The van der Waals surface area contributed by atoms with Crippen molar-refractivity contribution in [1.82, 2.24) is 10.6 Å². The monoisotopic (exact) mass is 666 g/mol. The van der Waals surface area contributed by atoms with Gasteiger partial charge in [-0.05, 0) is 44.4 Å². The van der Waals surface area contributed by atoms with Crippen molar-refractivity contribution in [2.75, 3.05) is 53.2 Å². The molecule has 3 N–H and O–H groups in total. The number of rotatable bonds is 18. The van der Waals surface area contributed by atoms with Gasteiger partial charge in [0.2, 0.25) is 5.91 Å². The molecule has 1 fully saturated rings. The van der Waals surface area contributed by atoms with Crippen molar-refractivity contribution in [2.45, 2.75) is 94.4 Å². The van der Waals surface area contributed by atoms with Crippen LogP contribution in [0.1, 0.15) is 105 Å². The summed E-state index contributed by atoms with van der Waals surface area (Å²) in [4.78, 5) is 43.9. The summed E-state index contributed by atoms with van der Waals surface area (Å²) in [6, 6.07) is 9.23. The summed E-state index contributed by atoms with van der Waals surface area (Å²) in [7, 11) is 1.00. The van der Waals surface area contributed by atoms with E-state index >= 15 is 0 Å². The van der Waals surface area contributed by atoms with E-state index in [9.17, 15) is 19.2 Å². The number of hydrogen-bond acceptors (Lipinski definition) is 8. The Kier molecular flexibility index (Phi) is 43.9. The number of aldehydes is 1. The Morgan fingerprint density at radius 2 is 1.43 bits per heavy atom. The van der Waals surface area contributed by atoms with Gasteiger partial charge in [0.1, 0.15) is 6.29 Å². The van der Waals surface area contributed by atoms with Gasteiger partial charge in [0.05, 0.1) is 33.0 Å². The highest BCUT2D eigenvalue weighted by atomic mass is 16.6. The first-order chi connectivity index (χ1) is 22.9. The van der Waals surface area contributed by atoms with Crippen molar-refractivity contribution in [1.29, 1.82) is 0 Å². The van der Waals surface area contributed by atoms with Gasteiger partial charge in [-0.2, -0.15) is 0 Å². The van der Waals surface area contributed by atoms with Crippen molar-refractivity contribution in [2.24, 2.45) is 17.8 Å². The van der Waals surface area contributed by atoms with Crippen LogP contribution in [0.2, 0.25) is 0 Å². The van der Waals surface area contributed by atoms with E-state index in [0.717, 1.165) is 31.8 Å². The second-order valence-corrected chi connectivity index (χ2v) is 9.23. The van der Waals surface area contributed by atoms with Gasteiger partial charge in [-0.15, -0.1) is 11.8 Å². The first kappa shape index (κ1) is 50.6. The molecule has 10 nitrogen and oxygen atoms in total. The largest absolute Gasteiger partial charge is 0.449 e. The number of hydrogen-bond donors (Lipinski definition) is 3. The highest BCUT2D eigenvalue weighted by Crippen LogP contribution is 2.48. The molecule has 0 aliphatic heterocycles. The molecule has 47 heavy (non-hydrogen) atoms. The molecule has 0 aromatic heterocycles. The molecule has 1 aliphatic carbocycles. The van der Waals surface area contributed by atoms with E-state index in [1.54, 1.807) is 6.92 Å². The quantitative estimate of drug-likeness (QED) is 0.0699. The van der Waals surface area contributed by atoms with Crippen LogP contribution in [0.25, 0.3) is 0 Å². The number of ether oxygens (including phenoxy) is 3. The van der Waals surface area contributed by atoms with E-state index in [0.29, 0.717) is 83.1 Å². The van der Waals surface area contributed by atoms with Crippen LogP contribution >= 0.6 is 0 Å². The van der Waals surface area contributed by atoms with Crippen LogP contribution in [0.15, 0.2) is 30.3 Å². The van der Waals surface area contributed by atoms with Gasteiger partial charge < -0.3 is 34.7 Å². The molecule has 0 bridgehead atoms. The molecule has 3 atom stereocenters. The van der Waals surface area contributed by atoms with Gasteiger partial charge in [0, 0.05) is 45.0 Å². The Bertz CT molecular complexity index is 916. The van der Waals surface area contributed by atoms with E-state index < -0.39 is 6.09 Å². The van der Waals surface area contributed by atoms with Crippen LogP contribution in [0, 0.1) is 29.6 Å². The lowest BCUT2D eigenvalue weighted by Crippen LogP contribution is -2.29. The molecule has 2 rings (SSSR count). The minimum Gasteiger partial charge on any atom is -0.449 e. The van der Waals surface area contributed by atoms with Crippen molar-refractivity contribution in [3.05, 3.63) is 35.9 Å². The number of carbonyl (C=O) groups is 4. The molecule has 10 heteroatoms. The molecular formula is C37H66N2O8. The molecule has 2 amide bonds. The number of aliphatic hydroxyl groups excluding tert-OH is 1. The standard InChI is InChI=1S/C22H36N2O6.C8H8O.3C2H6.CH4O/c1-3-4-5-8-19-18(2)20(19)17-30-22(27)24-11-14-29-16-15-28-13-10-23-21(26)9-6-7-12-25;1-7(9)8-5-3-2-4-6-8;4*1-2/h12,18-20H,5-11,13-17H2,1-2H3,(H,23,26)(H,24,27);2-6H,1H3;3*1-2H3;2H,1H3/t18?,19?,20-;;;;;/m1...../s1. The topological polar surface area (TPSA) is 140 Å². The molecule has 2 unspecified atom stereocenters. The smallest absolute Gasteiger partial charge is 0.407 e. The van der Waals surface area contributed by atoms with Gasteiger partial charge in [-0.1, -0.05) is 78.8 Å². The number of unbranched alkanes of at least 4 members (excludes halogenated alkanes) is 1. The van der Waals surface area contributed by atoms with Crippen LogP contribution < -0.4 is 10.6 Å². The zero-order valence-electron chi connectivity index (χ0n) is 31.0. The van der Waals surface area contributed by atoms with Gasteiger partial charge >= 0.3 is 6.09 Å². The zero-order chi connectivity index (χ0) is 36.7. The molecule has 272 valence electrons. The minimum absolute atomic E-state index is 0.0767. The fourth-order valence-corrected chi connectivity index (χ4v) is 3.89. The molecule has 1 aromatic rings. The van der Waals surface area contributed by atoms with Crippen molar-refractivity contribution < 1.29 is 38.5 Å². The van der Waals surface area contributed by atoms with E-state index in [2.05, 4.69) is 29.4 Å². The third kappa shape index (κ3) is 32.5. The number of Topliss-reactive ketones (excluding diaryl/α,β-unsaturated/α-hetero) is 1. The Balaban J connectivity index is -0.000000449. The fourth-order valence-electron chi connectivity index (χ4n) is 3.89. The van der Waals surface area contributed by atoms with E-state index in [4.69, 9.17) is 19.3 Å². The Morgan fingerprint density at radius 1 is 0.872 bits per heavy atom. The Labute approximate surface area is 286 Å². The molecule has 1 saturated carbocycles. The first-order valence-electron chi connectivity index (χ1n) is 17.1. The summed E-state index contributed by atoms with van der Waals surface area (Å²) in [5.74, 6) is 7.68. The lowest BCUT2D eigenvalue weighted by Gasteiger charge is -2.08. The number of alkyl carbamates (subject to hydrolysis) is 1. The average molecular weight is 667 g/mol. The average Bonchev–Trinajstić information content (AvgIpc) is 3.75. The predicted molar refractivity (Wildman–Crippen MR) is 191 cm³/mol. The number of benzene rings is 1. The van der Waals surface area contributed by atoms with Crippen LogP contribution in [-0.4, -0.2) is 82.4 Å². The molecule has 0 saturated heterocycles. The maximum Gasteiger partial charge on any atom is 0.407 e. The normalized spacial score (nSPS) is 14.6. The van der Waals surface area contributed by atoms with E-state index in [1.165, 1.54) is 0 Å². The van der Waals surface area contributed by atoms with Gasteiger partial charge in [0.15, 0.2) is 5.78 Å².